The van der Waals surface area contributed by atoms with Crippen molar-refractivity contribution in [3.8, 4) is 0 Å². The summed E-state index contributed by atoms with van der Waals surface area (Å²) < 4.78 is -0.599. The van der Waals surface area contributed by atoms with E-state index in [1.165, 1.54) is 0 Å². The Bertz CT molecular complexity index is 426. The molecule has 0 saturated carbocycles. The van der Waals surface area contributed by atoms with Crippen LogP contribution in [0.4, 0.5) is 0 Å². The minimum absolute atomic E-state index is 0.260. The van der Waals surface area contributed by atoms with Crippen LogP contribution in [0, 0.1) is 5.21 Å². The fraction of sp³-hybridized carbons (Fsp3) is 0.462. The number of hydrogen-bond donors (Lipinski definition) is 1. The second kappa shape index (κ2) is 5.26. The zero-order valence-corrected chi connectivity index (χ0v) is 10.8. The van der Waals surface area contributed by atoms with Crippen LogP contribution in [-0.2, 0) is 11.2 Å². The predicted octanol–water partition coefficient (Wildman–Crippen LogP) is 2.44. The Balaban J connectivity index is 2.16. The van der Waals surface area contributed by atoms with E-state index in [9.17, 15) is 15.1 Å². The number of likely N-dealkylation sites (tertiary alicyclic amines) is 1. The zero-order valence-electron chi connectivity index (χ0n) is 10.0. The van der Waals surface area contributed by atoms with Crippen LogP contribution in [0.5, 0.6) is 0 Å². The lowest BCUT2D eigenvalue weighted by Gasteiger charge is -2.43. The molecule has 1 aromatic carbocycles. The van der Waals surface area contributed by atoms with Crippen LogP contribution >= 0.6 is 11.6 Å². The van der Waals surface area contributed by atoms with Crippen LogP contribution in [0.15, 0.2) is 24.3 Å². The molecule has 5 heteroatoms. The van der Waals surface area contributed by atoms with Gasteiger partial charge in [0.2, 0.25) is 0 Å². The maximum absolute atomic E-state index is 12.4. The third-order valence-electron chi connectivity index (χ3n) is 3.52. The van der Waals surface area contributed by atoms with Crippen LogP contribution in [0.25, 0.3) is 0 Å². The molecule has 98 valence electrons. The Morgan fingerprint density at radius 3 is 2.39 bits per heavy atom. The van der Waals surface area contributed by atoms with E-state index in [4.69, 9.17) is 11.6 Å². The van der Waals surface area contributed by atoms with Crippen LogP contribution < -0.4 is 0 Å². The second-order valence-corrected chi connectivity index (χ2v) is 5.23. The number of carboxylic acid groups (broad SMARTS) is 1. The highest BCUT2D eigenvalue weighted by Gasteiger charge is 2.37. The van der Waals surface area contributed by atoms with E-state index in [1.807, 2.05) is 0 Å². The molecule has 1 atom stereocenters. The van der Waals surface area contributed by atoms with Crippen LogP contribution in [-0.4, -0.2) is 34.9 Å². The fourth-order valence-corrected chi connectivity index (χ4v) is 2.61. The number of halogens is 1. The van der Waals surface area contributed by atoms with E-state index < -0.39 is 16.7 Å². The molecule has 0 radical (unpaired) electrons. The van der Waals surface area contributed by atoms with Gasteiger partial charge in [0.05, 0.1) is 13.1 Å². The SMILES string of the molecule is O=C(O)C(Cc1ccc(Cl)cc1)[N+]1([O-])CCCC1. The monoisotopic (exact) mass is 269 g/mol. The molecule has 0 bridgehead atoms. The molecule has 1 unspecified atom stereocenters. The van der Waals surface area contributed by atoms with Gasteiger partial charge in [0, 0.05) is 24.3 Å². The van der Waals surface area contributed by atoms with Crippen LogP contribution in [0.1, 0.15) is 18.4 Å². The summed E-state index contributed by atoms with van der Waals surface area (Å²) in [5.74, 6) is -1.01. The number of hydroxylamine groups is 3. The molecule has 1 aromatic rings. The number of quaternary nitrogens is 1. The van der Waals surface area contributed by atoms with Crippen LogP contribution in [0.2, 0.25) is 5.02 Å². The smallest absolute Gasteiger partial charge is 0.363 e. The van der Waals surface area contributed by atoms with Gasteiger partial charge in [0.25, 0.3) is 0 Å². The summed E-state index contributed by atoms with van der Waals surface area (Å²) in [7, 11) is 0. The topological polar surface area (TPSA) is 60.4 Å². The summed E-state index contributed by atoms with van der Waals surface area (Å²) >= 11 is 5.78. The Hall–Kier alpha value is -1.10. The quantitative estimate of drug-likeness (QED) is 0.675. The molecule has 0 spiro atoms. The molecule has 0 aliphatic carbocycles. The highest BCUT2D eigenvalue weighted by molar-refractivity contribution is 6.30. The average molecular weight is 270 g/mol. The lowest BCUT2D eigenvalue weighted by Crippen LogP contribution is -2.53. The van der Waals surface area contributed by atoms with E-state index >= 15 is 0 Å². The molecule has 0 amide bonds. The van der Waals surface area contributed by atoms with Crippen molar-refractivity contribution in [3.05, 3.63) is 40.1 Å². The molecule has 0 aromatic heterocycles. The maximum Gasteiger partial charge on any atom is 0.363 e. The van der Waals surface area contributed by atoms with Gasteiger partial charge in [0.15, 0.2) is 6.04 Å². The predicted molar refractivity (Wildman–Crippen MR) is 69.2 cm³/mol. The van der Waals surface area contributed by atoms with Gasteiger partial charge in [-0.05, 0) is 17.7 Å². The van der Waals surface area contributed by atoms with Crippen molar-refractivity contribution in [3.63, 3.8) is 0 Å². The summed E-state index contributed by atoms with van der Waals surface area (Å²) in [5.41, 5.74) is 0.840. The summed E-state index contributed by atoms with van der Waals surface area (Å²) in [6, 6.07) is 6.08. The first-order chi connectivity index (χ1) is 8.51. The minimum Gasteiger partial charge on any atom is -0.632 e. The van der Waals surface area contributed by atoms with Crippen molar-refractivity contribution >= 4 is 17.6 Å². The number of nitrogens with zero attached hydrogens (tertiary/aromatic N) is 1. The number of hydrogen-bond acceptors (Lipinski definition) is 2. The lowest BCUT2D eigenvalue weighted by molar-refractivity contribution is -0.884. The first-order valence-corrected chi connectivity index (χ1v) is 6.44. The van der Waals surface area contributed by atoms with Gasteiger partial charge in [-0.15, -0.1) is 0 Å². The molecule has 1 aliphatic rings. The van der Waals surface area contributed by atoms with Gasteiger partial charge < -0.3 is 15.0 Å². The van der Waals surface area contributed by atoms with E-state index in [0.717, 1.165) is 18.4 Å². The number of carbonyl (C=O) groups is 1. The number of benzene rings is 1. The van der Waals surface area contributed by atoms with Gasteiger partial charge in [-0.2, -0.15) is 0 Å². The second-order valence-electron chi connectivity index (χ2n) is 4.79. The molecular weight excluding hydrogens is 254 g/mol. The standard InChI is InChI=1S/C13H16ClNO3/c14-11-5-3-10(4-6-11)9-12(13(16)17)15(18)7-1-2-8-15/h3-6,12H,1-2,7-9H2,(H,16,17). The van der Waals surface area contributed by atoms with Gasteiger partial charge in [-0.1, -0.05) is 23.7 Å². The highest BCUT2D eigenvalue weighted by Crippen LogP contribution is 2.25. The Kier molecular flexibility index (Phi) is 3.90. The van der Waals surface area contributed by atoms with E-state index in [0.29, 0.717) is 18.1 Å². The maximum atomic E-state index is 12.4. The Labute approximate surface area is 111 Å². The van der Waals surface area contributed by atoms with E-state index in [2.05, 4.69) is 0 Å². The van der Waals surface area contributed by atoms with Gasteiger partial charge in [-0.25, -0.2) is 4.79 Å². The first kappa shape index (κ1) is 13.3. The number of aliphatic carboxylic acids is 1. The van der Waals surface area contributed by atoms with Crippen LogP contribution in [0.3, 0.4) is 0 Å². The largest absolute Gasteiger partial charge is 0.632 e. The summed E-state index contributed by atoms with van der Waals surface area (Å²) in [6.07, 6.45) is 1.89. The van der Waals surface area contributed by atoms with Gasteiger partial charge >= 0.3 is 5.97 Å². The minimum atomic E-state index is -1.01. The molecule has 4 nitrogen and oxygen atoms in total. The van der Waals surface area contributed by atoms with E-state index in [-0.39, 0.29) is 6.42 Å². The molecule has 18 heavy (non-hydrogen) atoms. The van der Waals surface area contributed by atoms with Gasteiger partial charge in [0.1, 0.15) is 0 Å². The Morgan fingerprint density at radius 2 is 1.89 bits per heavy atom. The van der Waals surface area contributed by atoms with E-state index in [1.54, 1.807) is 24.3 Å². The summed E-state index contributed by atoms with van der Waals surface area (Å²) in [4.78, 5) is 11.3. The summed E-state index contributed by atoms with van der Waals surface area (Å²) in [6.45, 7) is 0.815. The van der Waals surface area contributed by atoms with Crippen molar-refractivity contribution in [2.75, 3.05) is 13.1 Å². The Morgan fingerprint density at radius 1 is 1.33 bits per heavy atom. The lowest BCUT2D eigenvalue weighted by atomic mass is 10.0. The third kappa shape index (κ3) is 2.83. The molecule has 1 fully saturated rings. The molecule has 1 N–H and O–H groups in total. The van der Waals surface area contributed by atoms with Crippen molar-refractivity contribution in [1.82, 2.24) is 0 Å². The first-order valence-electron chi connectivity index (χ1n) is 6.06. The van der Waals surface area contributed by atoms with Crippen molar-refractivity contribution in [2.45, 2.75) is 25.3 Å². The molecule has 1 aliphatic heterocycles. The van der Waals surface area contributed by atoms with Crippen molar-refractivity contribution in [2.24, 2.45) is 0 Å². The van der Waals surface area contributed by atoms with Crippen molar-refractivity contribution in [1.29, 1.82) is 0 Å². The fourth-order valence-electron chi connectivity index (χ4n) is 2.48. The summed E-state index contributed by atoms with van der Waals surface area (Å²) in [5, 5.41) is 22.3. The van der Waals surface area contributed by atoms with Gasteiger partial charge in [-0.3, -0.25) is 0 Å². The third-order valence-corrected chi connectivity index (χ3v) is 3.77. The number of carboxylic acids is 1. The molecule has 2 rings (SSSR count). The van der Waals surface area contributed by atoms with Crippen molar-refractivity contribution < 1.29 is 14.5 Å². The molecular formula is C13H16ClNO3. The zero-order chi connectivity index (χ0) is 13.2. The average Bonchev–Trinajstić information content (AvgIpc) is 2.75. The highest BCUT2D eigenvalue weighted by atomic mass is 35.5. The normalized spacial score (nSPS) is 19.7. The molecule has 1 heterocycles. The molecule has 1 saturated heterocycles. The number of rotatable bonds is 4.